The summed E-state index contributed by atoms with van der Waals surface area (Å²) >= 11 is 2.21. The molecule has 1 amide bonds. The Balaban J connectivity index is 2.26. The SMILES string of the molecule is NNC(=O)CCCOc1ccccc1I. The molecule has 82 valence electrons. The Morgan fingerprint density at radius 2 is 2.20 bits per heavy atom. The smallest absolute Gasteiger partial charge is 0.234 e. The second-order valence-electron chi connectivity index (χ2n) is 2.95. The van der Waals surface area contributed by atoms with Crippen molar-refractivity contribution in [1.82, 2.24) is 5.43 Å². The van der Waals surface area contributed by atoms with Crippen LogP contribution in [0.5, 0.6) is 5.75 Å². The summed E-state index contributed by atoms with van der Waals surface area (Å²) in [5, 5.41) is 0. The highest BCUT2D eigenvalue weighted by Crippen LogP contribution is 2.19. The van der Waals surface area contributed by atoms with Crippen LogP contribution in [0.1, 0.15) is 12.8 Å². The van der Waals surface area contributed by atoms with E-state index in [4.69, 9.17) is 10.6 Å². The van der Waals surface area contributed by atoms with Gasteiger partial charge in [-0.3, -0.25) is 10.2 Å². The molecule has 5 heteroatoms. The molecule has 0 radical (unpaired) electrons. The molecule has 0 heterocycles. The topological polar surface area (TPSA) is 64.3 Å². The van der Waals surface area contributed by atoms with Crippen molar-refractivity contribution in [2.24, 2.45) is 5.84 Å². The Labute approximate surface area is 102 Å². The summed E-state index contributed by atoms with van der Waals surface area (Å²) in [5.74, 6) is 5.64. The summed E-state index contributed by atoms with van der Waals surface area (Å²) in [4.78, 5) is 10.8. The maximum atomic E-state index is 10.8. The molecule has 0 spiro atoms. The maximum Gasteiger partial charge on any atom is 0.234 e. The fraction of sp³-hybridized carbons (Fsp3) is 0.300. The van der Waals surface area contributed by atoms with Crippen LogP contribution in [-0.2, 0) is 4.79 Å². The first kappa shape index (κ1) is 12.3. The van der Waals surface area contributed by atoms with Gasteiger partial charge in [-0.1, -0.05) is 12.1 Å². The molecule has 3 N–H and O–H groups in total. The van der Waals surface area contributed by atoms with Crippen LogP contribution in [-0.4, -0.2) is 12.5 Å². The van der Waals surface area contributed by atoms with Crippen LogP contribution in [0.15, 0.2) is 24.3 Å². The lowest BCUT2D eigenvalue weighted by Gasteiger charge is -2.07. The molecule has 0 atom stereocenters. The third-order valence-electron chi connectivity index (χ3n) is 1.80. The molecule has 1 rings (SSSR count). The van der Waals surface area contributed by atoms with Gasteiger partial charge in [0, 0.05) is 6.42 Å². The monoisotopic (exact) mass is 320 g/mol. The molecule has 1 aromatic rings. The van der Waals surface area contributed by atoms with Gasteiger partial charge in [-0.15, -0.1) is 0 Å². The molecule has 0 aliphatic carbocycles. The molecule has 0 aliphatic rings. The zero-order valence-electron chi connectivity index (χ0n) is 8.20. The van der Waals surface area contributed by atoms with Crippen LogP contribution in [0.4, 0.5) is 0 Å². The number of hydrazine groups is 1. The Kier molecular flexibility index (Phi) is 5.41. The van der Waals surface area contributed by atoms with Gasteiger partial charge in [-0.25, -0.2) is 5.84 Å². The molecule has 0 saturated heterocycles. The van der Waals surface area contributed by atoms with Crippen LogP contribution >= 0.6 is 22.6 Å². The molecule has 15 heavy (non-hydrogen) atoms. The van der Waals surface area contributed by atoms with Gasteiger partial charge in [0.1, 0.15) is 5.75 Å². The second-order valence-corrected chi connectivity index (χ2v) is 4.11. The van der Waals surface area contributed by atoms with Crippen LogP contribution < -0.4 is 16.0 Å². The Morgan fingerprint density at radius 3 is 2.87 bits per heavy atom. The van der Waals surface area contributed by atoms with E-state index in [-0.39, 0.29) is 5.91 Å². The van der Waals surface area contributed by atoms with Crippen LogP contribution in [0.25, 0.3) is 0 Å². The predicted molar refractivity (Wildman–Crippen MR) is 66.2 cm³/mol. The Morgan fingerprint density at radius 1 is 1.47 bits per heavy atom. The van der Waals surface area contributed by atoms with E-state index in [0.717, 1.165) is 9.32 Å². The summed E-state index contributed by atoms with van der Waals surface area (Å²) in [6.45, 7) is 0.521. The number of hydrogen-bond acceptors (Lipinski definition) is 3. The third-order valence-corrected chi connectivity index (χ3v) is 2.69. The van der Waals surface area contributed by atoms with Crippen LogP contribution in [0.3, 0.4) is 0 Å². The number of nitrogens with one attached hydrogen (secondary N) is 1. The van der Waals surface area contributed by atoms with Gasteiger partial charge >= 0.3 is 0 Å². The van der Waals surface area contributed by atoms with Gasteiger partial charge in [-0.2, -0.15) is 0 Å². The van der Waals surface area contributed by atoms with Crippen molar-refractivity contribution in [1.29, 1.82) is 0 Å². The fourth-order valence-corrected chi connectivity index (χ4v) is 1.59. The second kappa shape index (κ2) is 6.62. The molecule has 0 fully saturated rings. The minimum atomic E-state index is -0.165. The third kappa shape index (κ3) is 4.48. The van der Waals surface area contributed by atoms with Gasteiger partial charge in [0.25, 0.3) is 0 Å². The lowest BCUT2D eigenvalue weighted by Crippen LogP contribution is -2.29. The quantitative estimate of drug-likeness (QED) is 0.284. The first-order valence-electron chi connectivity index (χ1n) is 4.61. The Hall–Kier alpha value is -0.820. The molecule has 0 aromatic heterocycles. The summed E-state index contributed by atoms with van der Waals surface area (Å²) < 4.78 is 6.57. The van der Waals surface area contributed by atoms with E-state index in [1.165, 1.54) is 0 Å². The summed E-state index contributed by atoms with van der Waals surface area (Å²) in [6, 6.07) is 7.76. The first-order chi connectivity index (χ1) is 7.24. The number of nitrogens with two attached hydrogens (primary N) is 1. The number of carbonyl (C=O) groups excluding carboxylic acids is 1. The number of carbonyl (C=O) groups is 1. The largest absolute Gasteiger partial charge is 0.492 e. The van der Waals surface area contributed by atoms with Gasteiger partial charge in [-0.05, 0) is 41.1 Å². The molecular weight excluding hydrogens is 307 g/mol. The molecular formula is C10H13IN2O2. The van der Waals surface area contributed by atoms with Crippen molar-refractivity contribution in [3.63, 3.8) is 0 Å². The fourth-order valence-electron chi connectivity index (χ4n) is 1.05. The molecule has 0 saturated carbocycles. The van der Waals surface area contributed by atoms with E-state index >= 15 is 0 Å². The average Bonchev–Trinajstić information content (AvgIpc) is 2.26. The highest BCUT2D eigenvalue weighted by molar-refractivity contribution is 14.1. The van der Waals surface area contributed by atoms with Crippen molar-refractivity contribution in [3.8, 4) is 5.75 Å². The molecule has 0 bridgehead atoms. The number of halogens is 1. The van der Waals surface area contributed by atoms with E-state index in [2.05, 4.69) is 28.0 Å². The van der Waals surface area contributed by atoms with Crippen molar-refractivity contribution in [3.05, 3.63) is 27.8 Å². The van der Waals surface area contributed by atoms with Gasteiger partial charge < -0.3 is 4.74 Å². The molecule has 4 nitrogen and oxygen atoms in total. The summed E-state index contributed by atoms with van der Waals surface area (Å²) in [6.07, 6.45) is 1.05. The van der Waals surface area contributed by atoms with E-state index in [1.807, 2.05) is 24.3 Å². The molecule has 0 unspecified atom stereocenters. The highest BCUT2D eigenvalue weighted by Gasteiger charge is 2.00. The number of amides is 1. The van der Waals surface area contributed by atoms with Crippen LogP contribution in [0.2, 0.25) is 0 Å². The summed E-state index contributed by atoms with van der Waals surface area (Å²) in [7, 11) is 0. The van der Waals surface area contributed by atoms with E-state index in [9.17, 15) is 4.79 Å². The van der Waals surface area contributed by atoms with E-state index < -0.39 is 0 Å². The van der Waals surface area contributed by atoms with Gasteiger partial charge in [0.05, 0.1) is 10.2 Å². The van der Waals surface area contributed by atoms with Gasteiger partial charge in [0.2, 0.25) is 5.91 Å². The van der Waals surface area contributed by atoms with E-state index in [1.54, 1.807) is 0 Å². The average molecular weight is 320 g/mol. The number of hydrogen-bond donors (Lipinski definition) is 2. The number of benzene rings is 1. The number of rotatable bonds is 5. The highest BCUT2D eigenvalue weighted by atomic mass is 127. The summed E-state index contributed by atoms with van der Waals surface area (Å²) in [5.41, 5.74) is 2.08. The van der Waals surface area contributed by atoms with Gasteiger partial charge in [0.15, 0.2) is 0 Å². The number of ether oxygens (including phenoxy) is 1. The predicted octanol–water partition coefficient (Wildman–Crippen LogP) is 1.44. The standard InChI is InChI=1S/C10H13IN2O2/c11-8-4-1-2-5-9(8)15-7-3-6-10(14)13-12/h1-2,4-5H,3,6-7,12H2,(H,13,14). The van der Waals surface area contributed by atoms with Crippen molar-refractivity contribution in [2.45, 2.75) is 12.8 Å². The lowest BCUT2D eigenvalue weighted by molar-refractivity contribution is -0.121. The van der Waals surface area contributed by atoms with Crippen molar-refractivity contribution in [2.75, 3.05) is 6.61 Å². The van der Waals surface area contributed by atoms with E-state index in [0.29, 0.717) is 19.4 Å². The normalized spacial score (nSPS) is 9.73. The minimum Gasteiger partial charge on any atom is -0.492 e. The van der Waals surface area contributed by atoms with Crippen molar-refractivity contribution >= 4 is 28.5 Å². The van der Waals surface area contributed by atoms with Crippen molar-refractivity contribution < 1.29 is 9.53 Å². The van der Waals surface area contributed by atoms with Crippen LogP contribution in [0, 0.1) is 3.57 Å². The molecule has 0 aliphatic heterocycles. The first-order valence-corrected chi connectivity index (χ1v) is 5.68. The Bertz CT molecular complexity index is 331. The maximum absolute atomic E-state index is 10.8. The zero-order chi connectivity index (χ0) is 11.1. The lowest BCUT2D eigenvalue weighted by atomic mass is 10.3. The molecule has 1 aromatic carbocycles. The minimum absolute atomic E-state index is 0.165. The zero-order valence-corrected chi connectivity index (χ0v) is 10.4. The number of para-hydroxylation sites is 1.